The molecular formula is C12H7BrF2. The third-order valence-corrected chi connectivity index (χ3v) is 2.70. The Labute approximate surface area is 94.7 Å². The highest BCUT2D eigenvalue weighted by atomic mass is 79.9. The summed E-state index contributed by atoms with van der Waals surface area (Å²) in [5, 5.41) is 0. The fourth-order valence-corrected chi connectivity index (χ4v) is 1.68. The average molecular weight is 269 g/mol. The summed E-state index contributed by atoms with van der Waals surface area (Å²) in [6.07, 6.45) is 0. The Morgan fingerprint density at radius 2 is 1.53 bits per heavy atom. The van der Waals surface area contributed by atoms with Crippen LogP contribution >= 0.6 is 15.9 Å². The maximum Gasteiger partial charge on any atom is 0.138 e. The summed E-state index contributed by atoms with van der Waals surface area (Å²) < 4.78 is 26.9. The number of halogens is 3. The van der Waals surface area contributed by atoms with Crippen LogP contribution in [0.15, 0.2) is 46.9 Å². The van der Waals surface area contributed by atoms with E-state index in [4.69, 9.17) is 0 Å². The number of benzene rings is 2. The highest BCUT2D eigenvalue weighted by molar-refractivity contribution is 9.10. The molecule has 0 nitrogen and oxygen atoms in total. The fourth-order valence-electron chi connectivity index (χ4n) is 1.36. The van der Waals surface area contributed by atoms with Crippen LogP contribution in [0.5, 0.6) is 0 Å². The van der Waals surface area contributed by atoms with Crippen molar-refractivity contribution in [2.24, 2.45) is 0 Å². The largest absolute Gasteiger partial charge is 0.206 e. The van der Waals surface area contributed by atoms with Crippen molar-refractivity contribution in [3.63, 3.8) is 0 Å². The molecule has 0 bridgehead atoms. The minimum Gasteiger partial charge on any atom is -0.206 e. The smallest absolute Gasteiger partial charge is 0.138 e. The lowest BCUT2D eigenvalue weighted by Gasteiger charge is -2.04. The zero-order chi connectivity index (χ0) is 10.8. The molecule has 2 rings (SSSR count). The van der Waals surface area contributed by atoms with E-state index < -0.39 is 11.6 Å². The predicted octanol–water partition coefficient (Wildman–Crippen LogP) is 4.39. The molecule has 0 unspecified atom stereocenters. The van der Waals surface area contributed by atoms with E-state index in [1.54, 1.807) is 24.3 Å². The van der Waals surface area contributed by atoms with Gasteiger partial charge in [-0.15, -0.1) is 0 Å². The summed E-state index contributed by atoms with van der Waals surface area (Å²) in [5.41, 5.74) is 0.942. The van der Waals surface area contributed by atoms with Crippen molar-refractivity contribution < 1.29 is 8.78 Å². The molecule has 0 atom stereocenters. The lowest BCUT2D eigenvalue weighted by Crippen LogP contribution is -1.87. The van der Waals surface area contributed by atoms with E-state index in [2.05, 4.69) is 15.9 Å². The molecule has 0 N–H and O–H groups in total. The first-order valence-electron chi connectivity index (χ1n) is 4.38. The molecule has 0 saturated heterocycles. The van der Waals surface area contributed by atoms with Crippen LogP contribution in [0, 0.1) is 11.6 Å². The molecule has 15 heavy (non-hydrogen) atoms. The summed E-state index contributed by atoms with van der Waals surface area (Å²) in [4.78, 5) is 0. The maximum absolute atomic E-state index is 13.5. The van der Waals surface area contributed by atoms with E-state index in [9.17, 15) is 8.78 Å². The van der Waals surface area contributed by atoms with Gasteiger partial charge in [-0.2, -0.15) is 0 Å². The standard InChI is InChI=1S/C12H7BrF2/c13-10-7-11(14)9(6-12(10)15)8-4-2-1-3-5-8/h1-7H. The summed E-state index contributed by atoms with van der Waals surface area (Å²) >= 11 is 2.94. The highest BCUT2D eigenvalue weighted by Gasteiger charge is 2.09. The monoisotopic (exact) mass is 268 g/mol. The van der Waals surface area contributed by atoms with Gasteiger partial charge in [0.25, 0.3) is 0 Å². The SMILES string of the molecule is Fc1cc(-c2ccccc2)c(F)cc1Br. The topological polar surface area (TPSA) is 0 Å². The van der Waals surface area contributed by atoms with Gasteiger partial charge in [0.1, 0.15) is 11.6 Å². The molecule has 0 aliphatic heterocycles. The van der Waals surface area contributed by atoms with Gasteiger partial charge in [-0.1, -0.05) is 30.3 Å². The fraction of sp³-hybridized carbons (Fsp3) is 0. The summed E-state index contributed by atoms with van der Waals surface area (Å²) in [5.74, 6) is -0.898. The molecule has 2 aromatic carbocycles. The molecule has 0 heterocycles. The van der Waals surface area contributed by atoms with Crippen LogP contribution in [0.3, 0.4) is 0 Å². The predicted molar refractivity (Wildman–Crippen MR) is 59.5 cm³/mol. The Balaban J connectivity index is 2.59. The van der Waals surface area contributed by atoms with Crippen molar-refractivity contribution in [2.45, 2.75) is 0 Å². The van der Waals surface area contributed by atoms with Gasteiger partial charge in [-0.05, 0) is 33.6 Å². The van der Waals surface area contributed by atoms with Crippen LogP contribution in [0.2, 0.25) is 0 Å². The number of hydrogen-bond acceptors (Lipinski definition) is 0. The van der Waals surface area contributed by atoms with Gasteiger partial charge in [-0.25, -0.2) is 8.78 Å². The van der Waals surface area contributed by atoms with Gasteiger partial charge < -0.3 is 0 Å². The maximum atomic E-state index is 13.5. The number of hydrogen-bond donors (Lipinski definition) is 0. The summed E-state index contributed by atoms with van der Waals surface area (Å²) in [7, 11) is 0. The molecule has 0 aromatic heterocycles. The average Bonchev–Trinajstić information content (AvgIpc) is 2.25. The normalized spacial score (nSPS) is 10.3. The van der Waals surface area contributed by atoms with Gasteiger partial charge in [0.15, 0.2) is 0 Å². The molecule has 76 valence electrons. The molecular weight excluding hydrogens is 262 g/mol. The van der Waals surface area contributed by atoms with E-state index in [0.717, 1.165) is 6.07 Å². The summed E-state index contributed by atoms with van der Waals surface area (Å²) in [6, 6.07) is 11.2. The van der Waals surface area contributed by atoms with Crippen LogP contribution in [-0.4, -0.2) is 0 Å². The van der Waals surface area contributed by atoms with E-state index in [-0.39, 0.29) is 10.0 Å². The van der Waals surface area contributed by atoms with Crippen LogP contribution in [0.4, 0.5) is 8.78 Å². The van der Waals surface area contributed by atoms with Gasteiger partial charge >= 0.3 is 0 Å². The van der Waals surface area contributed by atoms with Crippen LogP contribution in [0.25, 0.3) is 11.1 Å². The van der Waals surface area contributed by atoms with E-state index in [0.29, 0.717) is 5.56 Å². The zero-order valence-electron chi connectivity index (χ0n) is 7.68. The first kappa shape index (κ1) is 10.3. The van der Waals surface area contributed by atoms with Crippen molar-refractivity contribution in [3.8, 4) is 11.1 Å². The first-order valence-corrected chi connectivity index (χ1v) is 5.18. The van der Waals surface area contributed by atoms with Crippen molar-refractivity contribution in [1.29, 1.82) is 0 Å². The van der Waals surface area contributed by atoms with Gasteiger partial charge in [0, 0.05) is 5.56 Å². The van der Waals surface area contributed by atoms with E-state index >= 15 is 0 Å². The van der Waals surface area contributed by atoms with Gasteiger partial charge in [0.05, 0.1) is 4.47 Å². The first-order chi connectivity index (χ1) is 7.18. The second kappa shape index (κ2) is 4.11. The van der Waals surface area contributed by atoms with Crippen LogP contribution < -0.4 is 0 Å². The van der Waals surface area contributed by atoms with Crippen LogP contribution in [-0.2, 0) is 0 Å². The molecule has 2 aromatic rings. The molecule has 0 aliphatic rings. The Bertz CT molecular complexity index is 480. The zero-order valence-corrected chi connectivity index (χ0v) is 9.26. The Morgan fingerprint density at radius 1 is 0.867 bits per heavy atom. The molecule has 0 radical (unpaired) electrons. The number of rotatable bonds is 1. The Hall–Kier alpha value is -1.22. The quantitative estimate of drug-likeness (QED) is 0.673. The highest BCUT2D eigenvalue weighted by Crippen LogP contribution is 2.27. The Morgan fingerprint density at radius 3 is 2.20 bits per heavy atom. The van der Waals surface area contributed by atoms with E-state index in [1.807, 2.05) is 6.07 Å². The van der Waals surface area contributed by atoms with Gasteiger partial charge in [-0.3, -0.25) is 0 Å². The minimum absolute atomic E-state index is 0.139. The van der Waals surface area contributed by atoms with Gasteiger partial charge in [0.2, 0.25) is 0 Å². The molecule has 0 aliphatic carbocycles. The third-order valence-electron chi connectivity index (χ3n) is 2.09. The summed E-state index contributed by atoms with van der Waals surface area (Å²) in [6.45, 7) is 0. The second-order valence-corrected chi connectivity index (χ2v) is 3.97. The Kier molecular flexibility index (Phi) is 2.82. The second-order valence-electron chi connectivity index (χ2n) is 3.11. The van der Waals surface area contributed by atoms with Crippen LogP contribution in [0.1, 0.15) is 0 Å². The molecule has 0 spiro atoms. The molecule has 0 fully saturated rings. The van der Waals surface area contributed by atoms with Crippen molar-refractivity contribution in [1.82, 2.24) is 0 Å². The van der Waals surface area contributed by atoms with Crippen molar-refractivity contribution in [2.75, 3.05) is 0 Å². The third kappa shape index (κ3) is 2.07. The molecule has 3 heteroatoms. The minimum atomic E-state index is -0.463. The molecule has 0 amide bonds. The lowest BCUT2D eigenvalue weighted by molar-refractivity contribution is 0.597. The molecule has 0 saturated carbocycles. The lowest BCUT2D eigenvalue weighted by atomic mass is 10.1. The van der Waals surface area contributed by atoms with Crippen molar-refractivity contribution in [3.05, 3.63) is 58.6 Å². The van der Waals surface area contributed by atoms with E-state index in [1.165, 1.54) is 6.07 Å². The van der Waals surface area contributed by atoms with Crippen molar-refractivity contribution >= 4 is 15.9 Å².